The third kappa shape index (κ3) is 3.05. The molecule has 0 atom stereocenters. The summed E-state index contributed by atoms with van der Waals surface area (Å²) in [7, 11) is 0. The molecule has 0 amide bonds. The molecule has 1 aliphatic rings. The van der Waals surface area contributed by atoms with Crippen molar-refractivity contribution in [3.63, 3.8) is 0 Å². The summed E-state index contributed by atoms with van der Waals surface area (Å²) in [6, 6.07) is 10.5. The van der Waals surface area contributed by atoms with E-state index in [-0.39, 0.29) is 17.4 Å². The zero-order chi connectivity index (χ0) is 14.8. The van der Waals surface area contributed by atoms with Crippen molar-refractivity contribution in [3.05, 3.63) is 64.5 Å². The molecule has 0 aromatic heterocycles. The highest BCUT2D eigenvalue weighted by Crippen LogP contribution is 2.26. The molecule has 3 rings (SSSR count). The first-order chi connectivity index (χ1) is 10.1. The summed E-state index contributed by atoms with van der Waals surface area (Å²) in [6.07, 6.45) is 3.45. The van der Waals surface area contributed by atoms with Crippen LogP contribution in [-0.2, 0) is 19.4 Å². The highest BCUT2D eigenvalue weighted by Gasteiger charge is 2.12. The molecule has 0 bridgehead atoms. The Labute approximate surface area is 128 Å². The number of ether oxygens (including phenoxy) is 1. The molecule has 0 unspecified atom stereocenters. The molecule has 4 heteroatoms. The lowest BCUT2D eigenvalue weighted by molar-refractivity contribution is 0.305. The van der Waals surface area contributed by atoms with Gasteiger partial charge in [-0.15, -0.1) is 0 Å². The molecular formula is C17H16FNOS. The zero-order valence-electron chi connectivity index (χ0n) is 11.6. The number of thiocarbonyl (C=S) groups is 1. The SMILES string of the molecule is NC(=S)c1ccc(F)cc1COc1ccc2c(c1)CCC2. The molecule has 2 aromatic carbocycles. The molecule has 2 nitrogen and oxygen atoms in total. The molecule has 0 saturated heterocycles. The Morgan fingerprint density at radius 2 is 1.95 bits per heavy atom. The minimum atomic E-state index is -0.317. The summed E-state index contributed by atoms with van der Waals surface area (Å²) in [5, 5.41) is 0. The van der Waals surface area contributed by atoms with E-state index in [1.54, 1.807) is 6.07 Å². The number of hydrogen-bond donors (Lipinski definition) is 1. The molecule has 2 N–H and O–H groups in total. The smallest absolute Gasteiger partial charge is 0.123 e. The predicted octanol–water partition coefficient (Wildman–Crippen LogP) is 3.53. The van der Waals surface area contributed by atoms with Gasteiger partial charge in [0.2, 0.25) is 0 Å². The van der Waals surface area contributed by atoms with E-state index in [9.17, 15) is 4.39 Å². The van der Waals surface area contributed by atoms with Crippen molar-refractivity contribution in [2.75, 3.05) is 0 Å². The summed E-state index contributed by atoms with van der Waals surface area (Å²) >= 11 is 4.99. The fraction of sp³-hybridized carbons (Fsp3) is 0.235. The Kier molecular flexibility index (Phi) is 3.88. The molecule has 0 fully saturated rings. The van der Waals surface area contributed by atoms with E-state index in [1.165, 1.54) is 29.7 Å². The molecule has 0 spiro atoms. The fourth-order valence-electron chi connectivity index (χ4n) is 2.72. The van der Waals surface area contributed by atoms with Gasteiger partial charge in [0.15, 0.2) is 0 Å². The second-order valence-corrected chi connectivity index (χ2v) is 5.68. The van der Waals surface area contributed by atoms with Gasteiger partial charge in [-0.3, -0.25) is 0 Å². The van der Waals surface area contributed by atoms with Crippen molar-refractivity contribution in [1.82, 2.24) is 0 Å². The van der Waals surface area contributed by atoms with Crippen molar-refractivity contribution >= 4 is 17.2 Å². The predicted molar refractivity (Wildman–Crippen MR) is 85.1 cm³/mol. The van der Waals surface area contributed by atoms with E-state index >= 15 is 0 Å². The van der Waals surface area contributed by atoms with E-state index in [0.29, 0.717) is 11.1 Å². The summed E-state index contributed by atoms with van der Waals surface area (Å²) in [6.45, 7) is 0.253. The van der Waals surface area contributed by atoms with Crippen LogP contribution in [0.4, 0.5) is 4.39 Å². The first kappa shape index (κ1) is 14.0. The van der Waals surface area contributed by atoms with Gasteiger partial charge in [-0.25, -0.2) is 4.39 Å². The number of halogens is 1. The first-order valence-corrected chi connectivity index (χ1v) is 7.37. The Morgan fingerprint density at radius 1 is 1.14 bits per heavy atom. The molecule has 0 saturated carbocycles. The molecule has 21 heavy (non-hydrogen) atoms. The van der Waals surface area contributed by atoms with Gasteiger partial charge < -0.3 is 10.5 Å². The third-order valence-electron chi connectivity index (χ3n) is 3.80. The molecule has 0 heterocycles. The summed E-state index contributed by atoms with van der Waals surface area (Å²) in [5.41, 5.74) is 9.74. The monoisotopic (exact) mass is 301 g/mol. The quantitative estimate of drug-likeness (QED) is 0.878. The van der Waals surface area contributed by atoms with Gasteiger partial charge >= 0.3 is 0 Å². The van der Waals surface area contributed by atoms with Gasteiger partial charge in [0.1, 0.15) is 23.2 Å². The Bertz CT molecular complexity index is 699. The van der Waals surface area contributed by atoms with Crippen molar-refractivity contribution in [1.29, 1.82) is 0 Å². The number of rotatable bonds is 4. The van der Waals surface area contributed by atoms with Gasteiger partial charge in [0, 0.05) is 11.1 Å². The number of aryl methyl sites for hydroxylation is 2. The molecule has 0 radical (unpaired) electrons. The Morgan fingerprint density at radius 3 is 2.76 bits per heavy atom. The van der Waals surface area contributed by atoms with Crippen LogP contribution >= 0.6 is 12.2 Å². The molecule has 1 aliphatic carbocycles. The van der Waals surface area contributed by atoms with Crippen LogP contribution in [0.25, 0.3) is 0 Å². The second-order valence-electron chi connectivity index (χ2n) is 5.24. The van der Waals surface area contributed by atoms with Crippen molar-refractivity contribution in [3.8, 4) is 5.75 Å². The highest BCUT2D eigenvalue weighted by atomic mass is 32.1. The van der Waals surface area contributed by atoms with Crippen LogP contribution in [0.5, 0.6) is 5.75 Å². The lowest BCUT2D eigenvalue weighted by Gasteiger charge is -2.11. The van der Waals surface area contributed by atoms with Crippen LogP contribution in [0.15, 0.2) is 36.4 Å². The van der Waals surface area contributed by atoms with Crippen molar-refractivity contribution in [2.24, 2.45) is 5.73 Å². The van der Waals surface area contributed by atoms with Gasteiger partial charge in [0.05, 0.1) is 0 Å². The van der Waals surface area contributed by atoms with Gasteiger partial charge in [0.25, 0.3) is 0 Å². The molecule has 2 aromatic rings. The maximum Gasteiger partial charge on any atom is 0.123 e. The fourth-order valence-corrected chi connectivity index (χ4v) is 2.92. The first-order valence-electron chi connectivity index (χ1n) is 6.96. The van der Waals surface area contributed by atoms with Crippen molar-refractivity contribution in [2.45, 2.75) is 25.9 Å². The number of hydrogen-bond acceptors (Lipinski definition) is 2. The van der Waals surface area contributed by atoms with Crippen LogP contribution < -0.4 is 10.5 Å². The lowest BCUT2D eigenvalue weighted by atomic mass is 10.1. The minimum absolute atomic E-state index is 0.252. The van der Waals surface area contributed by atoms with Gasteiger partial charge in [-0.1, -0.05) is 18.3 Å². The topological polar surface area (TPSA) is 35.2 Å². The Balaban J connectivity index is 1.78. The van der Waals surface area contributed by atoms with Crippen LogP contribution in [0.3, 0.4) is 0 Å². The Hall–Kier alpha value is -1.94. The standard InChI is InChI=1S/C17H16FNOS/c18-14-5-7-16(17(19)21)13(8-14)10-20-15-6-4-11-2-1-3-12(11)9-15/h4-9H,1-3,10H2,(H2,19,21). The largest absolute Gasteiger partial charge is 0.489 e. The number of nitrogens with two attached hydrogens (primary N) is 1. The van der Waals surface area contributed by atoms with Crippen LogP contribution in [-0.4, -0.2) is 4.99 Å². The summed E-state index contributed by atoms with van der Waals surface area (Å²) in [5.74, 6) is 0.483. The second kappa shape index (κ2) is 5.82. The van der Waals surface area contributed by atoms with E-state index in [1.807, 2.05) is 6.07 Å². The average molecular weight is 301 g/mol. The van der Waals surface area contributed by atoms with E-state index < -0.39 is 0 Å². The lowest BCUT2D eigenvalue weighted by Crippen LogP contribution is -2.13. The molecule has 0 aliphatic heterocycles. The maximum atomic E-state index is 13.4. The van der Waals surface area contributed by atoms with Gasteiger partial charge in [-0.2, -0.15) is 0 Å². The molecule has 108 valence electrons. The summed E-state index contributed by atoms with van der Waals surface area (Å²) < 4.78 is 19.2. The maximum absolute atomic E-state index is 13.4. The van der Waals surface area contributed by atoms with Crippen LogP contribution in [0.1, 0.15) is 28.7 Å². The van der Waals surface area contributed by atoms with Crippen LogP contribution in [0.2, 0.25) is 0 Å². The highest BCUT2D eigenvalue weighted by molar-refractivity contribution is 7.80. The van der Waals surface area contributed by atoms with E-state index in [4.69, 9.17) is 22.7 Å². The van der Waals surface area contributed by atoms with Gasteiger partial charge in [-0.05, 0) is 60.7 Å². The van der Waals surface area contributed by atoms with Crippen LogP contribution in [0, 0.1) is 5.82 Å². The van der Waals surface area contributed by atoms with Crippen molar-refractivity contribution < 1.29 is 9.13 Å². The number of fused-ring (bicyclic) bond motifs is 1. The third-order valence-corrected chi connectivity index (χ3v) is 4.02. The molecular weight excluding hydrogens is 285 g/mol. The zero-order valence-corrected chi connectivity index (χ0v) is 12.4. The average Bonchev–Trinajstić information content (AvgIpc) is 2.92. The van der Waals surface area contributed by atoms with E-state index in [2.05, 4.69) is 12.1 Å². The number of benzene rings is 2. The summed E-state index contributed by atoms with van der Waals surface area (Å²) in [4.78, 5) is 0.252. The van der Waals surface area contributed by atoms with E-state index in [0.717, 1.165) is 18.6 Å². The minimum Gasteiger partial charge on any atom is -0.489 e. The normalized spacial score (nSPS) is 13.0.